The van der Waals surface area contributed by atoms with Crippen LogP contribution < -0.4 is 5.32 Å². The van der Waals surface area contributed by atoms with Gasteiger partial charge in [-0.3, -0.25) is 4.79 Å². The van der Waals surface area contributed by atoms with Crippen LogP contribution in [0.25, 0.3) is 0 Å². The van der Waals surface area contributed by atoms with Crippen molar-refractivity contribution in [3.05, 3.63) is 48.6 Å². The van der Waals surface area contributed by atoms with Crippen LogP contribution in [0.2, 0.25) is 0 Å². The van der Waals surface area contributed by atoms with Gasteiger partial charge in [0, 0.05) is 6.42 Å². The number of amides is 1. The predicted molar refractivity (Wildman–Crippen MR) is 304 cm³/mol. The number of hydrogen-bond acceptors (Lipinski definition) is 8. The Bertz CT molecular complexity index is 1270. The first-order valence-corrected chi connectivity index (χ1v) is 30.9. The van der Waals surface area contributed by atoms with E-state index in [2.05, 4.69) is 55.6 Å². The molecule has 9 nitrogen and oxygen atoms in total. The van der Waals surface area contributed by atoms with Crippen molar-refractivity contribution in [2.45, 2.75) is 333 Å². The Morgan fingerprint density at radius 3 is 1.25 bits per heavy atom. The summed E-state index contributed by atoms with van der Waals surface area (Å²) < 4.78 is 11.2. The van der Waals surface area contributed by atoms with Gasteiger partial charge in [-0.1, -0.05) is 268 Å². The molecule has 0 bridgehead atoms. The van der Waals surface area contributed by atoms with Crippen LogP contribution in [0.4, 0.5) is 0 Å². The van der Waals surface area contributed by atoms with Crippen molar-refractivity contribution in [2.75, 3.05) is 13.2 Å². The van der Waals surface area contributed by atoms with Crippen LogP contribution in [0.1, 0.15) is 290 Å². The van der Waals surface area contributed by atoms with Gasteiger partial charge in [0.15, 0.2) is 6.29 Å². The lowest BCUT2D eigenvalue weighted by atomic mass is 9.99. The molecule has 1 rings (SSSR count). The number of carbonyl (C=O) groups is 1. The van der Waals surface area contributed by atoms with E-state index < -0.39 is 49.5 Å². The topological polar surface area (TPSA) is 149 Å². The summed E-state index contributed by atoms with van der Waals surface area (Å²) >= 11 is 0. The van der Waals surface area contributed by atoms with Crippen LogP contribution in [-0.4, -0.2) is 87.5 Å². The van der Waals surface area contributed by atoms with Gasteiger partial charge in [0.05, 0.1) is 25.4 Å². The first-order chi connectivity index (χ1) is 35.3. The van der Waals surface area contributed by atoms with Crippen molar-refractivity contribution < 1.29 is 39.8 Å². The largest absolute Gasteiger partial charge is 0.394 e. The number of hydrogen-bond donors (Lipinski definition) is 6. The number of aliphatic hydroxyl groups is 5. The van der Waals surface area contributed by atoms with Gasteiger partial charge >= 0.3 is 0 Å². The zero-order valence-corrected chi connectivity index (χ0v) is 46.9. The monoisotopic (exact) mass is 1020 g/mol. The third kappa shape index (κ3) is 41.4. The predicted octanol–water partition coefficient (Wildman–Crippen LogP) is 15.7. The summed E-state index contributed by atoms with van der Waals surface area (Å²) in [5, 5.41) is 54.3. The Hall–Kier alpha value is -1.85. The minimum atomic E-state index is -1.57. The summed E-state index contributed by atoms with van der Waals surface area (Å²) in [6.07, 6.45) is 63.7. The molecular formula is C63H117NO8. The normalized spacial score (nSPS) is 19.5. The van der Waals surface area contributed by atoms with Crippen molar-refractivity contribution in [3.63, 3.8) is 0 Å². The molecule has 0 saturated carbocycles. The highest BCUT2D eigenvalue weighted by molar-refractivity contribution is 5.76. The fraction of sp³-hybridized carbons (Fsp3) is 0.857. The molecule has 0 spiro atoms. The summed E-state index contributed by atoms with van der Waals surface area (Å²) in [6.45, 7) is 3.76. The van der Waals surface area contributed by atoms with E-state index in [1.807, 2.05) is 6.08 Å². The van der Waals surface area contributed by atoms with E-state index in [4.69, 9.17) is 9.47 Å². The molecule has 0 aliphatic carbocycles. The molecule has 1 amide bonds. The molecule has 0 radical (unpaired) electrons. The lowest BCUT2D eigenvalue weighted by molar-refractivity contribution is -0.302. The van der Waals surface area contributed by atoms with E-state index in [0.717, 1.165) is 44.9 Å². The van der Waals surface area contributed by atoms with Gasteiger partial charge in [-0.15, -0.1) is 0 Å². The smallest absolute Gasteiger partial charge is 0.220 e. The number of ether oxygens (including phenoxy) is 2. The third-order valence-electron chi connectivity index (χ3n) is 14.6. The van der Waals surface area contributed by atoms with Crippen molar-refractivity contribution in [1.29, 1.82) is 0 Å². The molecule has 422 valence electrons. The maximum atomic E-state index is 13.0. The summed E-state index contributed by atoms with van der Waals surface area (Å²) in [4.78, 5) is 13.0. The molecule has 0 aromatic heterocycles. The molecule has 1 aliphatic heterocycles. The minimum Gasteiger partial charge on any atom is -0.394 e. The van der Waals surface area contributed by atoms with E-state index in [9.17, 15) is 30.3 Å². The second-order valence-electron chi connectivity index (χ2n) is 21.5. The maximum Gasteiger partial charge on any atom is 0.220 e. The van der Waals surface area contributed by atoms with Crippen LogP contribution >= 0.6 is 0 Å². The molecule has 1 heterocycles. The Balaban J connectivity index is 2.06. The van der Waals surface area contributed by atoms with Crippen LogP contribution in [0.5, 0.6) is 0 Å². The van der Waals surface area contributed by atoms with Gasteiger partial charge in [0.25, 0.3) is 0 Å². The summed E-state index contributed by atoms with van der Waals surface area (Å²) in [6, 6.07) is -0.821. The number of aliphatic hydroxyl groups excluding tert-OH is 5. The second-order valence-corrected chi connectivity index (χ2v) is 21.5. The fourth-order valence-electron chi connectivity index (χ4n) is 9.73. The maximum absolute atomic E-state index is 13.0. The molecule has 1 aliphatic rings. The van der Waals surface area contributed by atoms with Crippen molar-refractivity contribution >= 4 is 5.91 Å². The quantitative estimate of drug-likeness (QED) is 0.0261. The summed E-state index contributed by atoms with van der Waals surface area (Å²) in [5.74, 6) is -0.186. The number of nitrogens with one attached hydrogen (secondary N) is 1. The average Bonchev–Trinajstić information content (AvgIpc) is 3.38. The van der Waals surface area contributed by atoms with Crippen LogP contribution in [0.3, 0.4) is 0 Å². The van der Waals surface area contributed by atoms with Gasteiger partial charge in [0.1, 0.15) is 24.4 Å². The van der Waals surface area contributed by atoms with E-state index in [0.29, 0.717) is 6.42 Å². The molecular weight excluding hydrogens is 899 g/mol. The van der Waals surface area contributed by atoms with E-state index in [-0.39, 0.29) is 12.5 Å². The standard InChI is InChI=1S/C63H117NO8/c1-3-5-7-9-11-13-15-17-18-19-20-21-22-23-24-25-26-27-28-29-30-31-32-33-34-35-36-37-38-39-40-41-43-45-47-49-51-53-59(67)64-56(55-71-63-62(70)61(69)60(68)58(54-65)72-63)57(66)52-50-48-46-44-42-16-14-12-10-8-6-4-2/h24-25,27-28,42,44,50,52,56-58,60-63,65-66,68-70H,3-23,26,29-41,43,45-49,51,53-55H2,1-2H3,(H,64,67)/b25-24-,28-27-,44-42+,52-50+. The molecule has 0 aromatic carbocycles. The third-order valence-corrected chi connectivity index (χ3v) is 14.6. The highest BCUT2D eigenvalue weighted by Gasteiger charge is 2.44. The zero-order chi connectivity index (χ0) is 52.2. The van der Waals surface area contributed by atoms with Crippen molar-refractivity contribution in [3.8, 4) is 0 Å². The minimum absolute atomic E-state index is 0.186. The fourth-order valence-corrected chi connectivity index (χ4v) is 9.73. The van der Waals surface area contributed by atoms with E-state index in [1.54, 1.807) is 6.08 Å². The Morgan fingerprint density at radius 1 is 0.472 bits per heavy atom. The summed E-state index contributed by atoms with van der Waals surface area (Å²) in [5.41, 5.74) is 0. The molecule has 6 N–H and O–H groups in total. The summed E-state index contributed by atoms with van der Waals surface area (Å²) in [7, 11) is 0. The highest BCUT2D eigenvalue weighted by Crippen LogP contribution is 2.23. The van der Waals surface area contributed by atoms with Gasteiger partial charge in [-0.25, -0.2) is 0 Å². The Morgan fingerprint density at radius 2 is 0.833 bits per heavy atom. The first-order valence-electron chi connectivity index (χ1n) is 30.9. The molecule has 7 atom stereocenters. The number of allylic oxidation sites excluding steroid dienone is 7. The Kier molecular flexibility index (Phi) is 49.8. The molecule has 9 heteroatoms. The molecule has 72 heavy (non-hydrogen) atoms. The van der Waals surface area contributed by atoms with Gasteiger partial charge in [-0.2, -0.15) is 0 Å². The zero-order valence-electron chi connectivity index (χ0n) is 46.9. The van der Waals surface area contributed by atoms with Crippen molar-refractivity contribution in [2.24, 2.45) is 0 Å². The molecule has 1 saturated heterocycles. The van der Waals surface area contributed by atoms with Gasteiger partial charge in [0.2, 0.25) is 5.91 Å². The Labute approximate surface area is 444 Å². The van der Waals surface area contributed by atoms with Gasteiger partial charge in [-0.05, 0) is 64.2 Å². The first kappa shape index (κ1) is 68.2. The molecule has 1 fully saturated rings. The van der Waals surface area contributed by atoms with Crippen LogP contribution in [0, 0.1) is 0 Å². The molecule has 0 aromatic rings. The number of unbranched alkanes of at least 4 members (excludes halogenated alkanes) is 37. The average molecular weight is 1020 g/mol. The van der Waals surface area contributed by atoms with E-state index >= 15 is 0 Å². The molecule has 7 unspecified atom stereocenters. The lowest BCUT2D eigenvalue weighted by Crippen LogP contribution is -2.60. The van der Waals surface area contributed by atoms with Crippen LogP contribution in [-0.2, 0) is 14.3 Å². The SMILES string of the molecule is CCCCCCCC/C=C/CC/C=C/C(O)C(COC1OC(CO)C(O)C(O)C1O)NC(=O)CCCCCCCCCCCCCCCCCCC/C=C\C/C=C\CCCCCCCCCCCCCCC. The van der Waals surface area contributed by atoms with Gasteiger partial charge < -0.3 is 40.3 Å². The second kappa shape index (κ2) is 52.6. The van der Waals surface area contributed by atoms with Crippen LogP contribution in [0.15, 0.2) is 48.6 Å². The number of carbonyl (C=O) groups excluding carboxylic acids is 1. The van der Waals surface area contributed by atoms with E-state index in [1.165, 1.54) is 225 Å². The van der Waals surface area contributed by atoms with Crippen molar-refractivity contribution in [1.82, 2.24) is 5.32 Å². The number of rotatable bonds is 53. The highest BCUT2D eigenvalue weighted by atomic mass is 16.7. The lowest BCUT2D eigenvalue weighted by Gasteiger charge is -2.40.